The Hall–Kier alpha value is -1.10. The molecule has 0 aliphatic heterocycles. The number of nitrogens with zero attached hydrogens (tertiary/aromatic N) is 2. The van der Waals surface area contributed by atoms with Crippen molar-refractivity contribution in [2.75, 3.05) is 33.8 Å². The number of ether oxygens (including phenoxy) is 1. The van der Waals surface area contributed by atoms with Crippen LogP contribution in [0.4, 0.5) is 0 Å². The molecular formula is C10H18N2O4S. The Labute approximate surface area is 103 Å². The van der Waals surface area contributed by atoms with Gasteiger partial charge in [-0.3, -0.25) is 4.79 Å². The maximum atomic E-state index is 12.0. The average Bonchev–Trinajstić information content (AvgIpc) is 2.31. The van der Waals surface area contributed by atoms with Crippen molar-refractivity contribution in [2.24, 2.45) is 0 Å². The summed E-state index contributed by atoms with van der Waals surface area (Å²) in [4.78, 5) is 10.9. The van der Waals surface area contributed by atoms with E-state index in [1.54, 1.807) is 6.92 Å². The average molecular weight is 262 g/mol. The molecule has 0 atom stereocenters. The largest absolute Gasteiger partial charge is 0.469 e. The van der Waals surface area contributed by atoms with Gasteiger partial charge in [0, 0.05) is 20.1 Å². The van der Waals surface area contributed by atoms with Crippen LogP contribution in [0.5, 0.6) is 0 Å². The van der Waals surface area contributed by atoms with Gasteiger partial charge in [0.1, 0.15) is 0 Å². The van der Waals surface area contributed by atoms with Crippen LogP contribution in [0.25, 0.3) is 0 Å². The monoisotopic (exact) mass is 262 g/mol. The van der Waals surface area contributed by atoms with Gasteiger partial charge in [-0.1, -0.05) is 12.8 Å². The van der Waals surface area contributed by atoms with Gasteiger partial charge in [0.25, 0.3) is 10.2 Å². The molecule has 0 aromatic rings. The zero-order valence-electron chi connectivity index (χ0n) is 10.3. The fourth-order valence-electron chi connectivity index (χ4n) is 1.12. The summed E-state index contributed by atoms with van der Waals surface area (Å²) in [6.07, 6.45) is 5.11. The van der Waals surface area contributed by atoms with Crippen LogP contribution in [0.3, 0.4) is 0 Å². The minimum Gasteiger partial charge on any atom is -0.469 e. The first kappa shape index (κ1) is 15.9. The normalized spacial score (nSPS) is 11.5. The highest BCUT2D eigenvalue weighted by Crippen LogP contribution is 2.06. The molecule has 0 unspecified atom stereocenters. The number of carbonyl (C=O) groups is 1. The van der Waals surface area contributed by atoms with Crippen LogP contribution < -0.4 is 0 Å². The van der Waals surface area contributed by atoms with E-state index in [4.69, 9.17) is 6.42 Å². The van der Waals surface area contributed by atoms with Crippen molar-refractivity contribution in [2.45, 2.75) is 13.3 Å². The van der Waals surface area contributed by atoms with Gasteiger partial charge in [0.15, 0.2) is 0 Å². The van der Waals surface area contributed by atoms with E-state index >= 15 is 0 Å². The van der Waals surface area contributed by atoms with Crippen LogP contribution in [0.15, 0.2) is 0 Å². The van der Waals surface area contributed by atoms with E-state index in [0.29, 0.717) is 0 Å². The van der Waals surface area contributed by atoms with Crippen molar-refractivity contribution >= 4 is 16.2 Å². The summed E-state index contributed by atoms with van der Waals surface area (Å²) >= 11 is 0. The molecule has 7 heteroatoms. The van der Waals surface area contributed by atoms with E-state index in [-0.39, 0.29) is 26.1 Å². The molecule has 0 aliphatic carbocycles. The van der Waals surface area contributed by atoms with Crippen molar-refractivity contribution in [1.82, 2.24) is 8.61 Å². The summed E-state index contributed by atoms with van der Waals surface area (Å²) in [7, 11) is -0.943. The highest BCUT2D eigenvalue weighted by atomic mass is 32.2. The molecule has 0 aliphatic rings. The van der Waals surface area contributed by atoms with Crippen LogP contribution in [-0.4, -0.2) is 56.8 Å². The molecular weight excluding hydrogens is 244 g/mol. The predicted molar refractivity (Wildman–Crippen MR) is 64.3 cm³/mol. The molecule has 0 bridgehead atoms. The number of esters is 1. The molecule has 0 N–H and O–H groups in total. The summed E-state index contributed by atoms with van der Waals surface area (Å²) < 4.78 is 30.6. The van der Waals surface area contributed by atoms with E-state index in [2.05, 4.69) is 10.7 Å². The standard InChI is InChI=1S/C10H18N2O4S/c1-5-8-12(6-2)17(14,15)11(3)9-7-10(13)16-4/h1H,6-9H2,2-4H3. The van der Waals surface area contributed by atoms with Crippen molar-refractivity contribution in [1.29, 1.82) is 0 Å². The second kappa shape index (κ2) is 7.27. The van der Waals surface area contributed by atoms with Gasteiger partial charge in [-0.2, -0.15) is 17.0 Å². The van der Waals surface area contributed by atoms with Gasteiger partial charge in [-0.05, 0) is 0 Å². The molecule has 0 rings (SSSR count). The summed E-state index contributed by atoms with van der Waals surface area (Å²) in [5.41, 5.74) is 0. The van der Waals surface area contributed by atoms with Gasteiger partial charge in [-0.25, -0.2) is 0 Å². The topological polar surface area (TPSA) is 66.9 Å². The Balaban J connectivity index is 4.59. The maximum Gasteiger partial charge on any atom is 0.306 e. The first-order valence-corrected chi connectivity index (χ1v) is 6.51. The molecule has 0 aromatic heterocycles. The molecule has 0 fully saturated rings. The zero-order chi connectivity index (χ0) is 13.5. The zero-order valence-corrected chi connectivity index (χ0v) is 11.2. The Morgan fingerprint density at radius 2 is 2.06 bits per heavy atom. The Bertz CT molecular complexity index is 386. The van der Waals surface area contributed by atoms with E-state index in [1.165, 1.54) is 14.2 Å². The van der Waals surface area contributed by atoms with Crippen molar-refractivity contribution in [3.8, 4) is 12.3 Å². The molecule has 17 heavy (non-hydrogen) atoms. The predicted octanol–water partition coefficient (Wildman–Crippen LogP) is -0.319. The number of terminal acetylenes is 1. The lowest BCUT2D eigenvalue weighted by atomic mass is 10.4. The second-order valence-corrected chi connectivity index (χ2v) is 5.32. The van der Waals surface area contributed by atoms with Gasteiger partial charge in [-0.15, -0.1) is 6.42 Å². The molecule has 98 valence electrons. The molecule has 0 heterocycles. The van der Waals surface area contributed by atoms with Crippen LogP contribution >= 0.6 is 0 Å². The summed E-state index contributed by atoms with van der Waals surface area (Å²) in [6.45, 7) is 2.07. The van der Waals surface area contributed by atoms with Crippen LogP contribution in [0.1, 0.15) is 13.3 Å². The van der Waals surface area contributed by atoms with E-state index in [0.717, 1.165) is 8.61 Å². The third kappa shape index (κ3) is 4.73. The molecule has 0 saturated heterocycles. The first-order chi connectivity index (χ1) is 7.89. The number of carbonyl (C=O) groups excluding carboxylic acids is 1. The minimum atomic E-state index is -3.60. The molecule has 0 amide bonds. The SMILES string of the molecule is C#CCN(CC)S(=O)(=O)N(C)CCC(=O)OC. The quantitative estimate of drug-likeness (QED) is 0.466. The third-order valence-corrected chi connectivity index (χ3v) is 4.21. The summed E-state index contributed by atoms with van der Waals surface area (Å²) in [5, 5.41) is 0. The second-order valence-electron chi connectivity index (χ2n) is 3.29. The number of methoxy groups -OCH3 is 1. The number of rotatable bonds is 7. The van der Waals surface area contributed by atoms with Gasteiger partial charge < -0.3 is 4.74 Å². The van der Waals surface area contributed by atoms with Crippen LogP contribution in [0, 0.1) is 12.3 Å². The highest BCUT2D eigenvalue weighted by Gasteiger charge is 2.25. The van der Waals surface area contributed by atoms with Crippen LogP contribution in [-0.2, 0) is 19.7 Å². The fourth-order valence-corrected chi connectivity index (χ4v) is 2.40. The Morgan fingerprint density at radius 1 is 1.47 bits per heavy atom. The van der Waals surface area contributed by atoms with E-state index in [9.17, 15) is 13.2 Å². The van der Waals surface area contributed by atoms with Gasteiger partial charge >= 0.3 is 5.97 Å². The smallest absolute Gasteiger partial charge is 0.306 e. The number of hydrogen-bond donors (Lipinski definition) is 0. The van der Waals surface area contributed by atoms with E-state index in [1.807, 2.05) is 0 Å². The fraction of sp³-hybridized carbons (Fsp3) is 0.700. The lowest BCUT2D eigenvalue weighted by molar-refractivity contribution is -0.140. The summed E-state index contributed by atoms with van der Waals surface area (Å²) in [5.74, 6) is 1.83. The lowest BCUT2D eigenvalue weighted by Crippen LogP contribution is -2.42. The lowest BCUT2D eigenvalue weighted by Gasteiger charge is -2.24. The Morgan fingerprint density at radius 3 is 2.47 bits per heavy atom. The van der Waals surface area contributed by atoms with Crippen molar-refractivity contribution in [3.63, 3.8) is 0 Å². The van der Waals surface area contributed by atoms with Crippen LogP contribution in [0.2, 0.25) is 0 Å². The molecule has 0 saturated carbocycles. The Kier molecular flexibility index (Phi) is 6.80. The maximum absolute atomic E-state index is 12.0. The molecule has 6 nitrogen and oxygen atoms in total. The molecule has 0 radical (unpaired) electrons. The highest BCUT2D eigenvalue weighted by molar-refractivity contribution is 7.86. The summed E-state index contributed by atoms with van der Waals surface area (Å²) in [6, 6.07) is 0. The third-order valence-electron chi connectivity index (χ3n) is 2.20. The van der Waals surface area contributed by atoms with Gasteiger partial charge in [0.2, 0.25) is 0 Å². The molecule has 0 spiro atoms. The molecule has 0 aromatic carbocycles. The first-order valence-electron chi connectivity index (χ1n) is 5.11. The minimum absolute atomic E-state index is 0.0137. The van der Waals surface area contributed by atoms with Crippen molar-refractivity contribution in [3.05, 3.63) is 0 Å². The van der Waals surface area contributed by atoms with Crippen molar-refractivity contribution < 1.29 is 17.9 Å². The van der Waals surface area contributed by atoms with Gasteiger partial charge in [0.05, 0.1) is 20.1 Å². The number of hydrogen-bond acceptors (Lipinski definition) is 4. The van der Waals surface area contributed by atoms with E-state index < -0.39 is 16.2 Å².